The molecular weight excluding hydrogens is 600 g/mol. The molecule has 1 aliphatic heterocycles. The van der Waals surface area contributed by atoms with Gasteiger partial charge in [0, 0.05) is 43.7 Å². The molecule has 3 aromatic rings. The van der Waals surface area contributed by atoms with Gasteiger partial charge in [0.25, 0.3) is 17.7 Å². The van der Waals surface area contributed by atoms with Crippen molar-refractivity contribution in [2.75, 3.05) is 32.7 Å². The van der Waals surface area contributed by atoms with E-state index in [0.717, 1.165) is 4.90 Å². The number of hydrogen-bond donors (Lipinski definition) is 3. The van der Waals surface area contributed by atoms with E-state index < -0.39 is 30.3 Å². The first-order chi connectivity index (χ1) is 22.4. The van der Waals surface area contributed by atoms with Gasteiger partial charge in [0.1, 0.15) is 0 Å². The molecule has 3 amide bonds. The number of piperidine rings is 1. The van der Waals surface area contributed by atoms with Gasteiger partial charge < -0.3 is 20.9 Å². The summed E-state index contributed by atoms with van der Waals surface area (Å²) >= 11 is 0. The second-order valence-electron chi connectivity index (χ2n) is 12.1. The molecule has 1 fully saturated rings. The number of hydrogen-bond acceptors (Lipinski definition) is 5. The van der Waals surface area contributed by atoms with E-state index in [9.17, 15) is 28.4 Å². The second-order valence-corrected chi connectivity index (χ2v) is 12.1. The zero-order valence-corrected chi connectivity index (χ0v) is 27.6. The lowest BCUT2D eigenvalue weighted by atomic mass is 9.95. The molecule has 3 N–H and O–H groups in total. The van der Waals surface area contributed by atoms with Crippen molar-refractivity contribution >= 4 is 17.7 Å². The number of nitrogens with one attached hydrogen (secondary N) is 3. The number of amides is 3. The molecule has 1 atom stereocenters. The topological polar surface area (TPSA) is 114 Å². The monoisotopic (exact) mass is 645 g/mol. The van der Waals surface area contributed by atoms with Crippen molar-refractivity contribution in [3.8, 4) is 17.2 Å². The predicted octanol–water partition coefficient (Wildman–Crippen LogP) is 5.96. The molecule has 0 aliphatic carbocycles. The molecule has 0 saturated carbocycles. The standard InChI is InChI=1S/C30H37F2N5O3.C7H8/c1-4-26(28(39)36-18-20(2)3)34-11-12-35-27(38)23-14-22(25-9-6-5-8-21(25)17-33)15-24(16-23)29(40)37-13-7-10-30(31,32)19-37;1-7-5-3-2-4-6-7/h5-6,8-9,14-16,20,26,34H,4,7,10-13,18-19H2,1-3H3,(H,35,38)(H,36,39);2-6H,1H3. The van der Waals surface area contributed by atoms with Crippen molar-refractivity contribution in [2.45, 2.75) is 58.9 Å². The van der Waals surface area contributed by atoms with Gasteiger partial charge >= 0.3 is 0 Å². The lowest BCUT2D eigenvalue weighted by Crippen LogP contribution is -2.47. The number of nitrogens with zero attached hydrogens (tertiary/aromatic N) is 2. The number of carbonyl (C=O) groups excluding carboxylic acids is 3. The summed E-state index contributed by atoms with van der Waals surface area (Å²) in [6.07, 6.45) is 0.496. The van der Waals surface area contributed by atoms with Crippen molar-refractivity contribution in [3.63, 3.8) is 0 Å². The Bertz CT molecular complexity index is 1540. The van der Waals surface area contributed by atoms with Gasteiger partial charge in [-0.15, -0.1) is 0 Å². The maximum atomic E-state index is 14.0. The van der Waals surface area contributed by atoms with Crippen molar-refractivity contribution in [3.05, 3.63) is 95.1 Å². The summed E-state index contributed by atoms with van der Waals surface area (Å²) in [6, 6.07) is 23.3. The zero-order chi connectivity index (χ0) is 34.4. The van der Waals surface area contributed by atoms with Crippen molar-refractivity contribution < 1.29 is 23.2 Å². The maximum Gasteiger partial charge on any atom is 0.265 e. The molecule has 1 heterocycles. The fraction of sp³-hybridized carbons (Fsp3) is 0.405. The van der Waals surface area contributed by atoms with E-state index in [1.54, 1.807) is 30.3 Å². The van der Waals surface area contributed by atoms with Crippen LogP contribution in [0.3, 0.4) is 0 Å². The van der Waals surface area contributed by atoms with E-state index in [1.807, 2.05) is 39.0 Å². The van der Waals surface area contributed by atoms with Crippen LogP contribution in [0.15, 0.2) is 72.8 Å². The molecular formula is C37H45F2N5O3. The summed E-state index contributed by atoms with van der Waals surface area (Å²) in [5, 5.41) is 18.4. The van der Waals surface area contributed by atoms with Crippen LogP contribution in [0.25, 0.3) is 11.1 Å². The lowest BCUT2D eigenvalue weighted by Gasteiger charge is -2.32. The van der Waals surface area contributed by atoms with Gasteiger partial charge in [-0.25, -0.2) is 8.78 Å². The van der Waals surface area contributed by atoms with Gasteiger partial charge in [0.05, 0.1) is 24.2 Å². The number of likely N-dealkylation sites (tertiary alicyclic amines) is 1. The Balaban J connectivity index is 0.000000756. The van der Waals surface area contributed by atoms with Crippen LogP contribution in [0.1, 0.15) is 71.9 Å². The summed E-state index contributed by atoms with van der Waals surface area (Å²) in [5.74, 6) is -3.79. The quantitative estimate of drug-likeness (QED) is 0.223. The molecule has 1 saturated heterocycles. The summed E-state index contributed by atoms with van der Waals surface area (Å²) < 4.78 is 28.1. The number of halogens is 2. The van der Waals surface area contributed by atoms with E-state index in [-0.39, 0.29) is 43.0 Å². The summed E-state index contributed by atoms with van der Waals surface area (Å²) in [4.78, 5) is 39.9. The van der Waals surface area contributed by atoms with Crippen LogP contribution in [-0.2, 0) is 4.79 Å². The van der Waals surface area contributed by atoms with Crippen LogP contribution in [0.4, 0.5) is 8.78 Å². The summed E-state index contributed by atoms with van der Waals surface area (Å²) in [5.41, 5.74) is 2.93. The highest BCUT2D eigenvalue weighted by Gasteiger charge is 2.37. The van der Waals surface area contributed by atoms with Gasteiger partial charge in [-0.1, -0.05) is 74.9 Å². The Hall–Kier alpha value is -4.62. The Kier molecular flexibility index (Phi) is 14.0. The molecule has 10 heteroatoms. The molecule has 0 radical (unpaired) electrons. The minimum absolute atomic E-state index is 0.0964. The molecule has 1 aliphatic rings. The number of carbonyl (C=O) groups is 3. The van der Waals surface area contributed by atoms with Gasteiger partial charge in [0.15, 0.2) is 0 Å². The molecule has 8 nitrogen and oxygen atoms in total. The summed E-state index contributed by atoms with van der Waals surface area (Å²) in [6.45, 7) is 8.66. The first kappa shape index (κ1) is 36.8. The maximum absolute atomic E-state index is 14.0. The largest absolute Gasteiger partial charge is 0.354 e. The van der Waals surface area contributed by atoms with Crippen LogP contribution in [-0.4, -0.2) is 67.3 Å². The average molecular weight is 646 g/mol. The first-order valence-corrected chi connectivity index (χ1v) is 16.1. The molecule has 250 valence electrons. The van der Waals surface area contributed by atoms with E-state index >= 15 is 0 Å². The molecule has 4 rings (SSSR count). The van der Waals surface area contributed by atoms with E-state index in [4.69, 9.17) is 0 Å². The van der Waals surface area contributed by atoms with E-state index in [0.29, 0.717) is 42.1 Å². The average Bonchev–Trinajstić information content (AvgIpc) is 3.06. The van der Waals surface area contributed by atoms with Gasteiger partial charge in [-0.2, -0.15) is 5.26 Å². The second kappa shape index (κ2) is 17.9. The van der Waals surface area contributed by atoms with Crippen molar-refractivity contribution in [2.24, 2.45) is 5.92 Å². The minimum Gasteiger partial charge on any atom is -0.354 e. The third-order valence-electron chi connectivity index (χ3n) is 7.63. The fourth-order valence-electron chi connectivity index (χ4n) is 5.10. The van der Waals surface area contributed by atoms with Crippen LogP contribution in [0.5, 0.6) is 0 Å². The molecule has 1 unspecified atom stereocenters. The number of aryl methyl sites for hydroxylation is 1. The highest BCUT2D eigenvalue weighted by molar-refractivity contribution is 6.01. The van der Waals surface area contributed by atoms with E-state index in [2.05, 4.69) is 41.1 Å². The summed E-state index contributed by atoms with van der Waals surface area (Å²) in [7, 11) is 0. The normalized spacial score (nSPS) is 14.3. The number of rotatable bonds is 11. The number of alkyl halides is 2. The highest BCUT2D eigenvalue weighted by Crippen LogP contribution is 2.30. The van der Waals surface area contributed by atoms with Gasteiger partial charge in [-0.05, 0) is 61.1 Å². The predicted molar refractivity (Wildman–Crippen MR) is 180 cm³/mol. The molecule has 47 heavy (non-hydrogen) atoms. The van der Waals surface area contributed by atoms with E-state index in [1.165, 1.54) is 17.7 Å². The Morgan fingerprint density at radius 1 is 0.957 bits per heavy atom. The molecule has 3 aromatic carbocycles. The van der Waals surface area contributed by atoms with Crippen molar-refractivity contribution in [1.82, 2.24) is 20.9 Å². The van der Waals surface area contributed by atoms with Crippen LogP contribution in [0.2, 0.25) is 0 Å². The minimum atomic E-state index is -2.96. The third kappa shape index (κ3) is 11.6. The number of benzene rings is 3. The van der Waals surface area contributed by atoms with Gasteiger partial charge in [-0.3, -0.25) is 14.4 Å². The molecule has 0 spiro atoms. The fourth-order valence-corrected chi connectivity index (χ4v) is 5.10. The van der Waals surface area contributed by atoms with Crippen LogP contribution in [0, 0.1) is 24.2 Å². The van der Waals surface area contributed by atoms with Gasteiger partial charge in [0.2, 0.25) is 5.91 Å². The highest BCUT2D eigenvalue weighted by atomic mass is 19.3. The zero-order valence-electron chi connectivity index (χ0n) is 27.6. The first-order valence-electron chi connectivity index (χ1n) is 16.1. The molecule has 0 aromatic heterocycles. The lowest BCUT2D eigenvalue weighted by molar-refractivity contribution is -0.123. The Labute approximate surface area is 276 Å². The third-order valence-corrected chi connectivity index (χ3v) is 7.63. The number of nitriles is 1. The van der Waals surface area contributed by atoms with Crippen LogP contribution >= 0.6 is 0 Å². The molecule has 0 bridgehead atoms. The Morgan fingerprint density at radius 3 is 2.26 bits per heavy atom. The smallest absolute Gasteiger partial charge is 0.265 e. The SMILES string of the molecule is CCC(NCCNC(=O)c1cc(C(=O)N2CCCC(F)(F)C2)cc(-c2ccccc2C#N)c1)C(=O)NCC(C)C.Cc1ccccc1. The van der Waals surface area contributed by atoms with Crippen LogP contribution < -0.4 is 16.0 Å². The Morgan fingerprint density at radius 2 is 1.64 bits per heavy atom. The van der Waals surface area contributed by atoms with Crippen molar-refractivity contribution in [1.29, 1.82) is 5.26 Å².